The van der Waals surface area contributed by atoms with Crippen LogP contribution < -0.4 is 10.6 Å². The zero-order valence-electron chi connectivity index (χ0n) is 15.6. The number of amides is 2. The monoisotopic (exact) mass is 366 g/mol. The Morgan fingerprint density at radius 2 is 1.52 bits per heavy atom. The lowest BCUT2D eigenvalue weighted by Crippen LogP contribution is -2.49. The van der Waals surface area contributed by atoms with E-state index in [9.17, 15) is 9.59 Å². The molecule has 2 aromatic carbocycles. The van der Waals surface area contributed by atoms with E-state index in [-0.39, 0.29) is 18.4 Å². The Labute approximate surface area is 160 Å². The van der Waals surface area contributed by atoms with Gasteiger partial charge in [-0.05, 0) is 29.8 Å². The van der Waals surface area contributed by atoms with Crippen molar-refractivity contribution >= 4 is 23.2 Å². The molecule has 0 spiro atoms. The summed E-state index contributed by atoms with van der Waals surface area (Å²) in [4.78, 5) is 27.8. The Balaban J connectivity index is 1.41. The normalized spacial score (nSPS) is 14.6. The summed E-state index contributed by atoms with van der Waals surface area (Å²) in [6.45, 7) is 5.99. The van der Waals surface area contributed by atoms with Crippen molar-refractivity contribution in [3.63, 3.8) is 0 Å². The Bertz CT molecular complexity index is 754. The number of nitrogens with zero attached hydrogens (tertiary/aromatic N) is 2. The molecule has 27 heavy (non-hydrogen) atoms. The van der Waals surface area contributed by atoms with Crippen LogP contribution in [0.3, 0.4) is 0 Å². The molecule has 0 radical (unpaired) electrons. The molecule has 0 aromatic heterocycles. The molecule has 142 valence electrons. The summed E-state index contributed by atoms with van der Waals surface area (Å²) < 4.78 is 0. The average molecular weight is 366 g/mol. The van der Waals surface area contributed by atoms with Crippen molar-refractivity contribution in [1.82, 2.24) is 9.80 Å². The van der Waals surface area contributed by atoms with Gasteiger partial charge in [-0.25, -0.2) is 0 Å². The second-order valence-electron chi connectivity index (χ2n) is 6.75. The third kappa shape index (κ3) is 5.82. The molecular weight excluding hydrogens is 340 g/mol. The molecule has 0 saturated carbocycles. The Hall–Kier alpha value is -2.86. The molecule has 1 fully saturated rings. The van der Waals surface area contributed by atoms with Crippen molar-refractivity contribution in [1.29, 1.82) is 0 Å². The van der Waals surface area contributed by atoms with Crippen molar-refractivity contribution in [2.75, 3.05) is 43.4 Å². The first-order valence-corrected chi connectivity index (χ1v) is 9.26. The maximum atomic E-state index is 12.4. The van der Waals surface area contributed by atoms with E-state index in [1.54, 1.807) is 0 Å². The maximum absolute atomic E-state index is 12.4. The topological polar surface area (TPSA) is 64.7 Å². The van der Waals surface area contributed by atoms with Crippen molar-refractivity contribution in [3.8, 4) is 0 Å². The lowest BCUT2D eigenvalue weighted by atomic mass is 10.2. The van der Waals surface area contributed by atoms with E-state index in [1.165, 1.54) is 12.5 Å². The van der Waals surface area contributed by atoms with Crippen LogP contribution in [0.25, 0.3) is 0 Å². The Morgan fingerprint density at radius 1 is 0.889 bits per heavy atom. The van der Waals surface area contributed by atoms with Gasteiger partial charge in [0.2, 0.25) is 11.8 Å². The van der Waals surface area contributed by atoms with Crippen LogP contribution >= 0.6 is 0 Å². The zero-order valence-corrected chi connectivity index (χ0v) is 15.6. The van der Waals surface area contributed by atoms with Crippen molar-refractivity contribution < 1.29 is 9.59 Å². The molecule has 1 saturated heterocycles. The molecule has 1 aliphatic heterocycles. The zero-order chi connectivity index (χ0) is 19.1. The van der Waals surface area contributed by atoms with Crippen LogP contribution in [0.4, 0.5) is 11.4 Å². The summed E-state index contributed by atoms with van der Waals surface area (Å²) in [7, 11) is 0. The molecule has 2 N–H and O–H groups in total. The van der Waals surface area contributed by atoms with Crippen molar-refractivity contribution in [3.05, 3.63) is 60.2 Å². The van der Waals surface area contributed by atoms with E-state index >= 15 is 0 Å². The molecule has 0 bridgehead atoms. The molecule has 6 heteroatoms. The number of hydrogen-bond acceptors (Lipinski definition) is 4. The highest BCUT2D eigenvalue weighted by atomic mass is 16.2. The SMILES string of the molecule is CC(=O)Nc1ccc(NCC(=O)N2CCN(Cc3ccccc3)CC2)cc1. The number of carbonyl (C=O) groups is 2. The number of anilines is 2. The predicted octanol–water partition coefficient (Wildman–Crippen LogP) is 2.40. The molecule has 0 aliphatic carbocycles. The van der Waals surface area contributed by atoms with Crippen LogP contribution in [0.2, 0.25) is 0 Å². The number of carbonyl (C=O) groups excluding carboxylic acids is 2. The first-order valence-electron chi connectivity index (χ1n) is 9.26. The molecule has 3 rings (SSSR count). The standard InChI is InChI=1S/C21H26N4O2/c1-17(26)23-20-9-7-19(8-10-20)22-15-21(27)25-13-11-24(12-14-25)16-18-5-3-2-4-6-18/h2-10,22H,11-16H2,1H3,(H,23,26). The van der Waals surface area contributed by atoms with E-state index in [2.05, 4.69) is 39.8 Å². The molecule has 6 nitrogen and oxygen atoms in total. The fraction of sp³-hybridized carbons (Fsp3) is 0.333. The van der Waals surface area contributed by atoms with E-state index in [4.69, 9.17) is 0 Å². The average Bonchev–Trinajstić information content (AvgIpc) is 2.68. The molecule has 0 atom stereocenters. The van der Waals surface area contributed by atoms with Gasteiger partial charge in [0.25, 0.3) is 0 Å². The highest BCUT2D eigenvalue weighted by molar-refractivity contribution is 5.89. The van der Waals surface area contributed by atoms with E-state index in [1.807, 2.05) is 35.2 Å². The third-order valence-electron chi connectivity index (χ3n) is 4.62. The van der Waals surface area contributed by atoms with Crippen LogP contribution in [-0.2, 0) is 16.1 Å². The number of benzene rings is 2. The van der Waals surface area contributed by atoms with Gasteiger partial charge in [-0.3, -0.25) is 14.5 Å². The minimum atomic E-state index is -0.0997. The summed E-state index contributed by atoms with van der Waals surface area (Å²) >= 11 is 0. The summed E-state index contributed by atoms with van der Waals surface area (Å²) in [6.07, 6.45) is 0. The number of rotatable bonds is 6. The molecule has 0 unspecified atom stereocenters. The lowest BCUT2D eigenvalue weighted by Gasteiger charge is -2.34. The fourth-order valence-corrected chi connectivity index (χ4v) is 3.16. The van der Waals surface area contributed by atoms with E-state index in [0.29, 0.717) is 0 Å². The van der Waals surface area contributed by atoms with E-state index in [0.717, 1.165) is 44.1 Å². The van der Waals surface area contributed by atoms with Crippen LogP contribution in [0.15, 0.2) is 54.6 Å². The summed E-state index contributed by atoms with van der Waals surface area (Å²) in [5, 5.41) is 5.88. The quantitative estimate of drug-likeness (QED) is 0.824. The van der Waals surface area contributed by atoms with Crippen LogP contribution in [0.1, 0.15) is 12.5 Å². The fourth-order valence-electron chi connectivity index (χ4n) is 3.16. The smallest absolute Gasteiger partial charge is 0.241 e. The predicted molar refractivity (Wildman–Crippen MR) is 108 cm³/mol. The summed E-state index contributed by atoms with van der Waals surface area (Å²) in [6, 6.07) is 17.8. The maximum Gasteiger partial charge on any atom is 0.241 e. The van der Waals surface area contributed by atoms with Crippen molar-refractivity contribution in [2.45, 2.75) is 13.5 Å². The van der Waals surface area contributed by atoms with Crippen molar-refractivity contribution in [2.24, 2.45) is 0 Å². The first kappa shape index (κ1) is 18.9. The number of piperazine rings is 1. The van der Waals surface area contributed by atoms with Gasteiger partial charge in [-0.2, -0.15) is 0 Å². The highest BCUT2D eigenvalue weighted by Gasteiger charge is 2.20. The second kappa shape index (κ2) is 9.19. The number of nitrogens with one attached hydrogen (secondary N) is 2. The lowest BCUT2D eigenvalue weighted by molar-refractivity contribution is -0.131. The van der Waals surface area contributed by atoms with E-state index < -0.39 is 0 Å². The Morgan fingerprint density at radius 3 is 2.15 bits per heavy atom. The van der Waals surface area contributed by atoms with Gasteiger partial charge in [0.1, 0.15) is 0 Å². The van der Waals surface area contributed by atoms with Crippen LogP contribution in [0.5, 0.6) is 0 Å². The van der Waals surface area contributed by atoms with Gasteiger partial charge < -0.3 is 15.5 Å². The minimum absolute atomic E-state index is 0.0997. The Kier molecular flexibility index (Phi) is 6.44. The largest absolute Gasteiger partial charge is 0.376 e. The van der Waals surface area contributed by atoms with Gasteiger partial charge in [0.05, 0.1) is 6.54 Å². The molecular formula is C21H26N4O2. The van der Waals surface area contributed by atoms with Gasteiger partial charge >= 0.3 is 0 Å². The highest BCUT2D eigenvalue weighted by Crippen LogP contribution is 2.14. The van der Waals surface area contributed by atoms with Crippen LogP contribution in [0, 0.1) is 0 Å². The van der Waals surface area contributed by atoms with Gasteiger partial charge in [0.15, 0.2) is 0 Å². The molecule has 1 aliphatic rings. The summed E-state index contributed by atoms with van der Waals surface area (Å²) in [5.74, 6) is 0.0117. The molecule has 2 aromatic rings. The minimum Gasteiger partial charge on any atom is -0.376 e. The third-order valence-corrected chi connectivity index (χ3v) is 4.62. The molecule has 1 heterocycles. The first-order chi connectivity index (χ1) is 13.1. The van der Waals surface area contributed by atoms with Gasteiger partial charge in [0, 0.05) is 51.0 Å². The summed E-state index contributed by atoms with van der Waals surface area (Å²) in [5.41, 5.74) is 2.91. The van der Waals surface area contributed by atoms with Crippen LogP contribution in [-0.4, -0.2) is 54.3 Å². The van der Waals surface area contributed by atoms with Gasteiger partial charge in [-0.1, -0.05) is 30.3 Å². The number of hydrogen-bond donors (Lipinski definition) is 2. The molecule has 2 amide bonds. The second-order valence-corrected chi connectivity index (χ2v) is 6.75. The van der Waals surface area contributed by atoms with Gasteiger partial charge in [-0.15, -0.1) is 0 Å².